The normalized spacial score (nSPS) is 8.56. The summed E-state index contributed by atoms with van der Waals surface area (Å²) in [6.07, 6.45) is 1.42. The molecule has 1 aromatic rings. The highest BCUT2D eigenvalue weighted by molar-refractivity contribution is 7.14. The third-order valence-electron chi connectivity index (χ3n) is 1.39. The summed E-state index contributed by atoms with van der Waals surface area (Å²) in [6.45, 7) is 2.15. The quantitative estimate of drug-likeness (QED) is 0.264. The van der Waals surface area contributed by atoms with E-state index < -0.39 is 5.97 Å². The van der Waals surface area contributed by atoms with E-state index in [2.05, 4.69) is 26.9 Å². The van der Waals surface area contributed by atoms with Gasteiger partial charge in [0.05, 0.1) is 19.3 Å². The molecule has 82 valence electrons. The van der Waals surface area contributed by atoms with Gasteiger partial charge in [-0.2, -0.15) is 0 Å². The summed E-state index contributed by atoms with van der Waals surface area (Å²) < 4.78 is 4.80. The zero-order valence-electron chi connectivity index (χ0n) is 8.51. The fourth-order valence-electron chi connectivity index (χ4n) is 0.811. The smallest absolute Gasteiger partial charge is 0.349 e. The minimum Gasteiger partial charge on any atom is -0.462 e. The van der Waals surface area contributed by atoms with E-state index in [1.54, 1.807) is 6.92 Å². The summed E-state index contributed by atoms with van der Waals surface area (Å²) in [5, 5.41) is 3.75. The van der Waals surface area contributed by atoms with Crippen LogP contribution in [0.5, 0.6) is 0 Å². The molecule has 0 bridgehead atoms. The van der Waals surface area contributed by atoms with Crippen LogP contribution in [0.2, 0.25) is 0 Å². The van der Waals surface area contributed by atoms with Crippen LogP contribution < -0.4 is 0 Å². The Morgan fingerprint density at radius 1 is 1.81 bits per heavy atom. The number of carbonyl (C=O) groups is 1. The van der Waals surface area contributed by atoms with Crippen molar-refractivity contribution in [2.75, 3.05) is 13.2 Å². The molecule has 0 amide bonds. The molecule has 0 aliphatic rings. The lowest BCUT2D eigenvalue weighted by Gasteiger charge is -1.95. The highest BCUT2D eigenvalue weighted by Crippen LogP contribution is 2.12. The predicted molar refractivity (Wildman–Crippen MR) is 59.0 cm³/mol. The summed E-state index contributed by atoms with van der Waals surface area (Å²) in [6, 6.07) is 0. The van der Waals surface area contributed by atoms with Crippen LogP contribution >= 0.6 is 11.3 Å². The third kappa shape index (κ3) is 3.61. The molecule has 0 aromatic carbocycles. The number of nitrogens with zero attached hydrogens (tertiary/aromatic N) is 4. The van der Waals surface area contributed by atoms with E-state index in [9.17, 15) is 4.79 Å². The highest BCUT2D eigenvalue weighted by Gasteiger charge is 2.09. The molecular formula is C9H8N4O2S. The van der Waals surface area contributed by atoms with Gasteiger partial charge in [-0.25, -0.2) is 9.78 Å². The van der Waals surface area contributed by atoms with Crippen molar-refractivity contribution in [2.45, 2.75) is 6.92 Å². The van der Waals surface area contributed by atoms with Crippen molar-refractivity contribution in [3.05, 3.63) is 26.5 Å². The van der Waals surface area contributed by atoms with Crippen LogP contribution in [0.1, 0.15) is 21.6 Å². The number of azide groups is 1. The molecule has 0 atom stereocenters. The fraction of sp³-hybridized carbons (Fsp3) is 0.333. The number of hydrogen-bond donors (Lipinski definition) is 0. The van der Waals surface area contributed by atoms with E-state index >= 15 is 0 Å². The van der Waals surface area contributed by atoms with Gasteiger partial charge in [0.15, 0.2) is 5.01 Å². The molecule has 7 heteroatoms. The van der Waals surface area contributed by atoms with Crippen LogP contribution in [-0.2, 0) is 4.74 Å². The molecular weight excluding hydrogens is 228 g/mol. The van der Waals surface area contributed by atoms with Gasteiger partial charge in [0, 0.05) is 4.91 Å². The van der Waals surface area contributed by atoms with Crippen molar-refractivity contribution in [3.63, 3.8) is 0 Å². The first-order valence-electron chi connectivity index (χ1n) is 4.40. The Balaban J connectivity index is 2.66. The Hall–Kier alpha value is -2.03. The Kier molecular flexibility index (Phi) is 4.86. The van der Waals surface area contributed by atoms with E-state index in [0.717, 1.165) is 11.3 Å². The largest absolute Gasteiger partial charge is 0.462 e. The average Bonchev–Trinajstić information content (AvgIpc) is 2.73. The molecule has 1 aromatic heterocycles. The van der Waals surface area contributed by atoms with Gasteiger partial charge in [0.2, 0.25) is 0 Å². The number of thiazole rings is 1. The van der Waals surface area contributed by atoms with Crippen molar-refractivity contribution in [2.24, 2.45) is 5.11 Å². The van der Waals surface area contributed by atoms with Crippen molar-refractivity contribution in [1.29, 1.82) is 0 Å². The maximum atomic E-state index is 11.3. The molecule has 0 saturated carbocycles. The summed E-state index contributed by atoms with van der Waals surface area (Å²) in [5.74, 6) is 4.89. The summed E-state index contributed by atoms with van der Waals surface area (Å²) in [5.41, 5.74) is 8.02. The first-order valence-corrected chi connectivity index (χ1v) is 5.22. The van der Waals surface area contributed by atoms with Gasteiger partial charge in [-0.3, -0.25) is 0 Å². The summed E-state index contributed by atoms with van der Waals surface area (Å²) >= 11 is 1.14. The van der Waals surface area contributed by atoms with E-state index in [-0.39, 0.29) is 6.54 Å². The van der Waals surface area contributed by atoms with Crippen molar-refractivity contribution >= 4 is 17.3 Å². The first-order chi connectivity index (χ1) is 7.77. The molecule has 0 N–H and O–H groups in total. The Morgan fingerprint density at radius 2 is 2.62 bits per heavy atom. The van der Waals surface area contributed by atoms with Gasteiger partial charge in [0.1, 0.15) is 4.88 Å². The van der Waals surface area contributed by atoms with Gasteiger partial charge >= 0.3 is 5.97 Å². The van der Waals surface area contributed by atoms with Gasteiger partial charge in [0.25, 0.3) is 0 Å². The monoisotopic (exact) mass is 236 g/mol. The third-order valence-corrected chi connectivity index (χ3v) is 2.28. The zero-order valence-corrected chi connectivity index (χ0v) is 9.32. The Bertz CT molecular complexity index is 479. The second kappa shape index (κ2) is 6.45. The Labute approximate surface area is 95.9 Å². The molecule has 6 nitrogen and oxygen atoms in total. The highest BCUT2D eigenvalue weighted by atomic mass is 32.1. The van der Waals surface area contributed by atoms with Crippen LogP contribution in [0.4, 0.5) is 0 Å². The molecule has 0 aliphatic heterocycles. The lowest BCUT2D eigenvalue weighted by atomic mass is 10.5. The summed E-state index contributed by atoms with van der Waals surface area (Å²) in [7, 11) is 0. The minimum absolute atomic E-state index is 0.0881. The molecule has 16 heavy (non-hydrogen) atoms. The number of carbonyl (C=O) groups excluding carboxylic acids is 1. The Morgan fingerprint density at radius 3 is 3.31 bits per heavy atom. The average molecular weight is 236 g/mol. The predicted octanol–water partition coefficient (Wildman–Crippen LogP) is 1.98. The number of ether oxygens (including phenoxy) is 1. The molecule has 0 radical (unpaired) electrons. The molecule has 1 heterocycles. The van der Waals surface area contributed by atoms with E-state index in [1.807, 2.05) is 0 Å². The number of hydrogen-bond acceptors (Lipinski definition) is 5. The van der Waals surface area contributed by atoms with Gasteiger partial charge in [-0.05, 0) is 18.4 Å². The van der Waals surface area contributed by atoms with Gasteiger partial charge < -0.3 is 4.74 Å². The van der Waals surface area contributed by atoms with Crippen LogP contribution in [0.25, 0.3) is 10.4 Å². The zero-order chi connectivity index (χ0) is 11.8. The topological polar surface area (TPSA) is 88.0 Å². The number of esters is 1. The van der Waals surface area contributed by atoms with Crippen molar-refractivity contribution in [1.82, 2.24) is 4.98 Å². The van der Waals surface area contributed by atoms with Crippen molar-refractivity contribution < 1.29 is 9.53 Å². The van der Waals surface area contributed by atoms with E-state index in [1.165, 1.54) is 6.20 Å². The maximum Gasteiger partial charge on any atom is 0.349 e. The number of rotatable bonds is 3. The van der Waals surface area contributed by atoms with Gasteiger partial charge in [-0.1, -0.05) is 22.4 Å². The second-order valence-electron chi connectivity index (χ2n) is 2.44. The lowest BCUT2D eigenvalue weighted by molar-refractivity contribution is 0.0532. The molecule has 0 spiro atoms. The molecule has 0 aliphatic carbocycles. The molecule has 0 saturated heterocycles. The lowest BCUT2D eigenvalue weighted by Crippen LogP contribution is -2.01. The van der Waals surface area contributed by atoms with E-state index in [0.29, 0.717) is 16.5 Å². The molecule has 1 rings (SSSR count). The fourth-order valence-corrected chi connectivity index (χ4v) is 1.50. The molecule has 0 unspecified atom stereocenters. The summed E-state index contributed by atoms with van der Waals surface area (Å²) in [4.78, 5) is 18.2. The standard InChI is InChI=1S/C9H8N4O2S/c1-2-15-9(14)7-6-11-8(16-7)4-3-5-12-13-10/h6H,2,5H2,1H3. The van der Waals surface area contributed by atoms with Crippen molar-refractivity contribution in [3.8, 4) is 11.8 Å². The van der Waals surface area contributed by atoms with Gasteiger partial charge in [-0.15, -0.1) is 0 Å². The number of aromatic nitrogens is 1. The minimum atomic E-state index is -0.400. The molecule has 0 fully saturated rings. The van der Waals surface area contributed by atoms with Crippen LogP contribution in [0, 0.1) is 11.8 Å². The SMILES string of the molecule is CCOC(=O)c1cnc(C#CCN=[N+]=[N-])s1. The first kappa shape index (κ1) is 12.0. The second-order valence-corrected chi connectivity index (χ2v) is 3.47. The maximum absolute atomic E-state index is 11.3. The van der Waals surface area contributed by atoms with Crippen LogP contribution in [-0.4, -0.2) is 24.1 Å². The van der Waals surface area contributed by atoms with E-state index in [4.69, 9.17) is 10.3 Å². The van der Waals surface area contributed by atoms with Crippen LogP contribution in [0.15, 0.2) is 11.3 Å². The van der Waals surface area contributed by atoms with Crippen LogP contribution in [0.3, 0.4) is 0 Å².